The molecule has 2 aliphatic heterocycles. The van der Waals surface area contributed by atoms with Gasteiger partial charge in [-0.25, -0.2) is 4.79 Å². The second-order valence-corrected chi connectivity index (χ2v) is 16.1. The van der Waals surface area contributed by atoms with E-state index in [-0.39, 0.29) is 23.9 Å². The van der Waals surface area contributed by atoms with E-state index in [1.807, 2.05) is 41.5 Å². The standard InChI is InChI=1S/C32H44O6/c1-31(2,3)37-20(33)12-16-15-10-19(27(16)36-30(34)38-32(4,5)6)26-23(15)28-24-17-11-18(25(24)29(26)35-28)22-14-8-7-13(9-14)21(17)22/h7-8,13-19,21-29H,9-12H2,1-6H3. The minimum absolute atomic E-state index is 0.0261. The quantitative estimate of drug-likeness (QED) is 0.270. The van der Waals surface area contributed by atoms with Crippen molar-refractivity contribution in [3.05, 3.63) is 12.2 Å². The molecule has 16 atom stereocenters. The van der Waals surface area contributed by atoms with Gasteiger partial charge < -0.3 is 18.9 Å². The van der Waals surface area contributed by atoms with E-state index >= 15 is 0 Å². The molecular weight excluding hydrogens is 480 g/mol. The summed E-state index contributed by atoms with van der Waals surface area (Å²) in [6, 6.07) is 0. The van der Waals surface area contributed by atoms with Crippen LogP contribution in [0, 0.1) is 76.9 Å². The Morgan fingerprint density at radius 2 is 1.24 bits per heavy atom. The molecule has 8 aliphatic rings. The summed E-state index contributed by atoms with van der Waals surface area (Å²) in [7, 11) is 0. The largest absolute Gasteiger partial charge is 0.509 e. The molecule has 2 saturated heterocycles. The maximum atomic E-state index is 13.1. The Bertz CT molecular complexity index is 1000. The highest BCUT2D eigenvalue weighted by Crippen LogP contribution is 2.78. The van der Waals surface area contributed by atoms with Crippen LogP contribution in [0.15, 0.2) is 12.2 Å². The summed E-state index contributed by atoms with van der Waals surface area (Å²) in [5.41, 5.74) is -1.15. The minimum Gasteiger partial charge on any atom is -0.460 e. The highest BCUT2D eigenvalue weighted by atomic mass is 16.7. The van der Waals surface area contributed by atoms with Crippen LogP contribution in [0.2, 0.25) is 0 Å². The molecule has 6 nitrogen and oxygen atoms in total. The monoisotopic (exact) mass is 524 g/mol. The summed E-state index contributed by atoms with van der Waals surface area (Å²) in [5, 5.41) is 0. The number of hydrogen-bond donors (Lipinski definition) is 0. The summed E-state index contributed by atoms with van der Waals surface area (Å²) in [5.74, 6) is 7.71. The van der Waals surface area contributed by atoms with Crippen LogP contribution in [0.3, 0.4) is 0 Å². The van der Waals surface area contributed by atoms with Gasteiger partial charge in [-0.1, -0.05) is 12.2 Å². The predicted octanol–water partition coefficient (Wildman–Crippen LogP) is 5.64. The first-order valence-electron chi connectivity index (χ1n) is 15.3. The number of carbonyl (C=O) groups is 2. The molecule has 38 heavy (non-hydrogen) atoms. The third kappa shape index (κ3) is 3.22. The lowest BCUT2D eigenvalue weighted by Crippen LogP contribution is -2.53. The van der Waals surface area contributed by atoms with Crippen LogP contribution < -0.4 is 0 Å². The van der Waals surface area contributed by atoms with Crippen LogP contribution in [0.25, 0.3) is 0 Å². The van der Waals surface area contributed by atoms with Crippen molar-refractivity contribution in [3.63, 3.8) is 0 Å². The second kappa shape index (κ2) is 7.59. The molecule has 6 heteroatoms. The SMILES string of the molecule is CC(C)(C)OC(=O)CC1C2CC(C1OC(=O)OC(C)(C)C)C1C3OC(C21)C1C2CC(C4C5C=CC(C5)C24)C31. The molecule has 0 N–H and O–H groups in total. The zero-order valence-corrected chi connectivity index (χ0v) is 23.7. The lowest BCUT2D eigenvalue weighted by Gasteiger charge is -2.49. The molecule has 0 aromatic carbocycles. The molecule has 0 aromatic heterocycles. The van der Waals surface area contributed by atoms with Gasteiger partial charge in [-0.3, -0.25) is 4.79 Å². The Balaban J connectivity index is 1.08. The van der Waals surface area contributed by atoms with E-state index in [1.165, 1.54) is 12.8 Å². The number of esters is 1. The van der Waals surface area contributed by atoms with Crippen LogP contribution in [0.4, 0.5) is 4.79 Å². The average Bonchev–Trinajstić information content (AvgIpc) is 3.61. The molecule has 8 rings (SSSR count). The third-order valence-corrected chi connectivity index (χ3v) is 12.2. The molecular formula is C32H44O6. The molecule has 0 radical (unpaired) electrons. The van der Waals surface area contributed by atoms with Gasteiger partial charge in [0.05, 0.1) is 18.6 Å². The van der Waals surface area contributed by atoms with E-state index in [4.69, 9.17) is 18.9 Å². The van der Waals surface area contributed by atoms with E-state index in [2.05, 4.69) is 12.2 Å². The van der Waals surface area contributed by atoms with Crippen molar-refractivity contribution in [1.29, 1.82) is 0 Å². The van der Waals surface area contributed by atoms with Crippen LogP contribution in [-0.2, 0) is 23.7 Å². The van der Waals surface area contributed by atoms with Crippen LogP contribution in [-0.4, -0.2) is 41.6 Å². The van der Waals surface area contributed by atoms with Gasteiger partial charge in [0.15, 0.2) is 0 Å². The fraction of sp³-hybridized carbons (Fsp3) is 0.875. The Kier molecular flexibility index (Phi) is 4.84. The molecule has 7 fully saturated rings. The number of carbonyl (C=O) groups excluding carboxylic acids is 2. The van der Waals surface area contributed by atoms with Crippen LogP contribution in [0.5, 0.6) is 0 Å². The average molecular weight is 525 g/mol. The second-order valence-electron chi connectivity index (χ2n) is 16.1. The van der Waals surface area contributed by atoms with Crippen LogP contribution >= 0.6 is 0 Å². The number of rotatable bonds is 3. The maximum Gasteiger partial charge on any atom is 0.509 e. The van der Waals surface area contributed by atoms with Crippen molar-refractivity contribution in [2.75, 3.05) is 0 Å². The predicted molar refractivity (Wildman–Crippen MR) is 139 cm³/mol. The maximum absolute atomic E-state index is 13.1. The normalized spacial score (nSPS) is 53.8. The number of ether oxygens (including phenoxy) is 4. The number of allylic oxidation sites excluding steroid dienone is 2. The molecule has 0 spiro atoms. The molecule has 208 valence electrons. The smallest absolute Gasteiger partial charge is 0.460 e. The van der Waals surface area contributed by atoms with Gasteiger partial charge in [-0.2, -0.15) is 0 Å². The zero-order chi connectivity index (χ0) is 26.5. The van der Waals surface area contributed by atoms with Gasteiger partial charge in [0.1, 0.15) is 17.3 Å². The molecule has 5 saturated carbocycles. The fourth-order valence-corrected chi connectivity index (χ4v) is 12.0. The Hall–Kier alpha value is -1.56. The van der Waals surface area contributed by atoms with Crippen molar-refractivity contribution < 1.29 is 28.5 Å². The van der Waals surface area contributed by atoms with E-state index in [0.717, 1.165) is 41.9 Å². The molecule has 16 unspecified atom stereocenters. The summed E-state index contributed by atoms with van der Waals surface area (Å²) < 4.78 is 24.4. The molecule has 2 heterocycles. The summed E-state index contributed by atoms with van der Waals surface area (Å²) in [6.07, 6.45) is 8.90. The summed E-state index contributed by atoms with van der Waals surface area (Å²) in [4.78, 5) is 25.9. The Morgan fingerprint density at radius 3 is 1.82 bits per heavy atom. The van der Waals surface area contributed by atoms with Crippen molar-refractivity contribution in [3.8, 4) is 0 Å². The topological polar surface area (TPSA) is 71.1 Å². The Labute approximate surface area is 226 Å². The fourth-order valence-electron chi connectivity index (χ4n) is 12.0. The minimum atomic E-state index is -0.616. The van der Waals surface area contributed by atoms with E-state index in [9.17, 15) is 9.59 Å². The number of fused-ring (bicyclic) bond motifs is 23. The van der Waals surface area contributed by atoms with Crippen molar-refractivity contribution in [2.45, 2.75) is 96.7 Å². The van der Waals surface area contributed by atoms with Gasteiger partial charge in [0.25, 0.3) is 0 Å². The van der Waals surface area contributed by atoms with Gasteiger partial charge in [0.2, 0.25) is 0 Å². The first-order valence-corrected chi connectivity index (χ1v) is 15.3. The van der Waals surface area contributed by atoms with Gasteiger partial charge in [-0.05, 0) is 126 Å². The third-order valence-electron chi connectivity index (χ3n) is 12.2. The van der Waals surface area contributed by atoms with E-state index in [1.54, 1.807) is 0 Å². The van der Waals surface area contributed by atoms with E-state index in [0.29, 0.717) is 48.2 Å². The van der Waals surface area contributed by atoms with Gasteiger partial charge in [0, 0.05) is 11.8 Å². The van der Waals surface area contributed by atoms with Crippen molar-refractivity contribution >= 4 is 12.1 Å². The van der Waals surface area contributed by atoms with Crippen molar-refractivity contribution in [1.82, 2.24) is 0 Å². The Morgan fingerprint density at radius 1 is 0.711 bits per heavy atom. The van der Waals surface area contributed by atoms with Gasteiger partial charge >= 0.3 is 12.1 Å². The molecule has 8 bridgehead atoms. The zero-order valence-electron chi connectivity index (χ0n) is 23.7. The molecule has 0 amide bonds. The lowest BCUT2D eigenvalue weighted by atomic mass is 9.54. The van der Waals surface area contributed by atoms with Gasteiger partial charge in [-0.15, -0.1) is 0 Å². The first-order chi connectivity index (χ1) is 17.9. The highest BCUT2D eigenvalue weighted by molar-refractivity contribution is 5.70. The lowest BCUT2D eigenvalue weighted by molar-refractivity contribution is -0.159. The number of hydrogen-bond acceptors (Lipinski definition) is 6. The van der Waals surface area contributed by atoms with E-state index < -0.39 is 17.4 Å². The molecule has 6 aliphatic carbocycles. The first kappa shape index (κ1) is 24.3. The van der Waals surface area contributed by atoms with Crippen molar-refractivity contribution in [2.24, 2.45) is 76.9 Å². The highest BCUT2D eigenvalue weighted by Gasteiger charge is 2.78. The summed E-state index contributed by atoms with van der Waals surface area (Å²) in [6.45, 7) is 11.3. The van der Waals surface area contributed by atoms with Crippen LogP contribution in [0.1, 0.15) is 67.2 Å². The molecule has 0 aromatic rings. The summed E-state index contributed by atoms with van der Waals surface area (Å²) >= 11 is 0.